The number of thiazole rings is 1. The highest BCUT2D eigenvalue weighted by Crippen LogP contribution is 2.26. The van der Waals surface area contributed by atoms with Crippen molar-refractivity contribution >= 4 is 11.3 Å². The van der Waals surface area contributed by atoms with Gasteiger partial charge in [0.2, 0.25) is 0 Å². The molecule has 4 heteroatoms. The van der Waals surface area contributed by atoms with E-state index in [1.807, 2.05) is 19.3 Å². The molecule has 0 bridgehead atoms. The minimum absolute atomic E-state index is 0.164. The second-order valence-electron chi connectivity index (χ2n) is 4.45. The van der Waals surface area contributed by atoms with Crippen LogP contribution in [0.3, 0.4) is 0 Å². The van der Waals surface area contributed by atoms with Crippen LogP contribution >= 0.6 is 11.3 Å². The Morgan fingerprint density at radius 2 is 2.22 bits per heavy atom. The number of rotatable bonds is 5. The van der Waals surface area contributed by atoms with Crippen LogP contribution in [0.2, 0.25) is 0 Å². The van der Waals surface area contributed by atoms with E-state index >= 15 is 0 Å². The van der Waals surface area contributed by atoms with Gasteiger partial charge in [-0.2, -0.15) is 0 Å². The summed E-state index contributed by atoms with van der Waals surface area (Å²) < 4.78 is 0. The lowest BCUT2D eigenvalue weighted by Gasteiger charge is -2.18. The number of hydrogen-bond acceptors (Lipinski definition) is 4. The van der Waals surface area contributed by atoms with Crippen molar-refractivity contribution in [2.45, 2.75) is 33.2 Å². The number of pyridine rings is 1. The molecule has 1 N–H and O–H groups in total. The molecule has 0 saturated carbocycles. The molecular formula is C14H19N3S. The van der Waals surface area contributed by atoms with E-state index in [9.17, 15) is 0 Å². The Morgan fingerprint density at radius 1 is 1.39 bits per heavy atom. The molecule has 1 atom stereocenters. The van der Waals surface area contributed by atoms with Crippen molar-refractivity contribution < 1.29 is 0 Å². The Labute approximate surface area is 112 Å². The summed E-state index contributed by atoms with van der Waals surface area (Å²) in [6.07, 6.45) is 4.89. The van der Waals surface area contributed by atoms with E-state index in [0.717, 1.165) is 23.7 Å². The molecule has 2 aromatic heterocycles. The maximum absolute atomic E-state index is 4.61. The van der Waals surface area contributed by atoms with Gasteiger partial charge in [-0.25, -0.2) is 4.98 Å². The van der Waals surface area contributed by atoms with E-state index in [2.05, 4.69) is 40.6 Å². The maximum atomic E-state index is 4.61. The first-order chi connectivity index (χ1) is 8.72. The maximum Gasteiger partial charge on any atom is 0.114 e. The zero-order valence-corrected chi connectivity index (χ0v) is 11.9. The van der Waals surface area contributed by atoms with Gasteiger partial charge in [-0.3, -0.25) is 4.98 Å². The summed E-state index contributed by atoms with van der Waals surface area (Å²) >= 11 is 1.71. The number of hydrogen-bond donors (Lipinski definition) is 1. The van der Waals surface area contributed by atoms with Gasteiger partial charge in [-0.05, 0) is 44.0 Å². The molecule has 0 amide bonds. The average molecular weight is 261 g/mol. The zero-order valence-electron chi connectivity index (χ0n) is 11.1. The van der Waals surface area contributed by atoms with Crippen LogP contribution in [0.25, 0.3) is 0 Å². The van der Waals surface area contributed by atoms with Gasteiger partial charge in [0.25, 0.3) is 0 Å². The SMILES string of the molecule is CCCNC(c1nc(C)cs1)c1cnccc1C. The molecule has 0 fully saturated rings. The summed E-state index contributed by atoms with van der Waals surface area (Å²) in [5.41, 5.74) is 3.56. The molecule has 1 unspecified atom stereocenters. The Hall–Kier alpha value is -1.26. The molecule has 3 nitrogen and oxygen atoms in total. The van der Waals surface area contributed by atoms with Crippen LogP contribution in [0.5, 0.6) is 0 Å². The minimum Gasteiger partial charge on any atom is -0.304 e. The Kier molecular flexibility index (Phi) is 4.44. The van der Waals surface area contributed by atoms with Gasteiger partial charge in [-0.1, -0.05) is 6.92 Å². The van der Waals surface area contributed by atoms with Crippen LogP contribution in [-0.2, 0) is 0 Å². The number of nitrogens with one attached hydrogen (secondary N) is 1. The van der Waals surface area contributed by atoms with Crippen molar-refractivity contribution in [2.75, 3.05) is 6.54 Å². The predicted octanol–water partition coefficient (Wildman–Crippen LogP) is 3.24. The number of aryl methyl sites for hydroxylation is 2. The van der Waals surface area contributed by atoms with Gasteiger partial charge in [0.05, 0.1) is 6.04 Å². The van der Waals surface area contributed by atoms with Crippen LogP contribution in [0.15, 0.2) is 23.8 Å². The lowest BCUT2D eigenvalue weighted by Crippen LogP contribution is -2.24. The zero-order chi connectivity index (χ0) is 13.0. The van der Waals surface area contributed by atoms with E-state index in [1.165, 1.54) is 11.1 Å². The van der Waals surface area contributed by atoms with Crippen LogP contribution < -0.4 is 5.32 Å². The van der Waals surface area contributed by atoms with Crippen LogP contribution in [-0.4, -0.2) is 16.5 Å². The number of aromatic nitrogens is 2. The highest BCUT2D eigenvalue weighted by molar-refractivity contribution is 7.09. The topological polar surface area (TPSA) is 37.8 Å². The fourth-order valence-corrected chi connectivity index (χ4v) is 2.79. The quantitative estimate of drug-likeness (QED) is 0.898. The lowest BCUT2D eigenvalue weighted by atomic mass is 10.0. The van der Waals surface area contributed by atoms with Crippen LogP contribution in [0, 0.1) is 13.8 Å². The second kappa shape index (κ2) is 6.07. The van der Waals surface area contributed by atoms with Gasteiger partial charge in [-0.15, -0.1) is 11.3 Å². The van der Waals surface area contributed by atoms with Gasteiger partial charge >= 0.3 is 0 Å². The van der Waals surface area contributed by atoms with Gasteiger partial charge in [0.15, 0.2) is 0 Å². The molecule has 0 aliphatic rings. The van der Waals surface area contributed by atoms with Crippen LogP contribution in [0.1, 0.15) is 41.2 Å². The molecule has 2 heterocycles. The monoisotopic (exact) mass is 261 g/mol. The largest absolute Gasteiger partial charge is 0.304 e. The van der Waals surface area contributed by atoms with E-state index in [4.69, 9.17) is 0 Å². The summed E-state index contributed by atoms with van der Waals surface area (Å²) in [5, 5.41) is 6.79. The molecule has 0 aliphatic heterocycles. The van der Waals surface area contributed by atoms with E-state index in [1.54, 1.807) is 11.3 Å². The predicted molar refractivity (Wildman–Crippen MR) is 76.0 cm³/mol. The Bertz CT molecular complexity index is 507. The molecule has 0 aromatic carbocycles. The van der Waals surface area contributed by atoms with Gasteiger partial charge in [0.1, 0.15) is 5.01 Å². The summed E-state index contributed by atoms with van der Waals surface area (Å²) in [6, 6.07) is 2.22. The smallest absolute Gasteiger partial charge is 0.114 e. The van der Waals surface area contributed by atoms with Crippen LogP contribution in [0.4, 0.5) is 0 Å². The van der Waals surface area contributed by atoms with E-state index in [0.29, 0.717) is 0 Å². The van der Waals surface area contributed by atoms with Crippen molar-refractivity contribution in [3.05, 3.63) is 45.7 Å². The first-order valence-corrected chi connectivity index (χ1v) is 7.16. The lowest BCUT2D eigenvalue weighted by molar-refractivity contribution is 0.591. The third-order valence-corrected chi connectivity index (χ3v) is 3.90. The number of nitrogens with zero attached hydrogens (tertiary/aromatic N) is 2. The molecule has 2 rings (SSSR count). The minimum atomic E-state index is 0.164. The molecule has 0 saturated heterocycles. The fraction of sp³-hybridized carbons (Fsp3) is 0.429. The third kappa shape index (κ3) is 2.94. The molecule has 2 aromatic rings. The Morgan fingerprint density at radius 3 is 2.83 bits per heavy atom. The van der Waals surface area contributed by atoms with E-state index in [-0.39, 0.29) is 6.04 Å². The van der Waals surface area contributed by atoms with Crippen molar-refractivity contribution in [1.29, 1.82) is 0 Å². The van der Waals surface area contributed by atoms with E-state index < -0.39 is 0 Å². The van der Waals surface area contributed by atoms with Crippen molar-refractivity contribution in [3.63, 3.8) is 0 Å². The normalized spacial score (nSPS) is 12.6. The van der Waals surface area contributed by atoms with Crippen molar-refractivity contribution in [2.24, 2.45) is 0 Å². The Balaban J connectivity index is 2.33. The van der Waals surface area contributed by atoms with Crippen molar-refractivity contribution in [1.82, 2.24) is 15.3 Å². The molecular weight excluding hydrogens is 242 g/mol. The summed E-state index contributed by atoms with van der Waals surface area (Å²) in [5.74, 6) is 0. The third-order valence-electron chi connectivity index (χ3n) is 2.87. The molecule has 18 heavy (non-hydrogen) atoms. The highest BCUT2D eigenvalue weighted by Gasteiger charge is 2.18. The standard InChI is InChI=1S/C14H19N3S/c1-4-6-16-13(14-17-11(3)9-18-14)12-8-15-7-5-10(12)2/h5,7-9,13,16H,4,6H2,1-3H3. The first-order valence-electron chi connectivity index (χ1n) is 6.28. The summed E-state index contributed by atoms with van der Waals surface area (Å²) in [7, 11) is 0. The second-order valence-corrected chi connectivity index (χ2v) is 5.34. The van der Waals surface area contributed by atoms with Gasteiger partial charge < -0.3 is 5.32 Å². The summed E-state index contributed by atoms with van der Waals surface area (Å²) in [6.45, 7) is 7.32. The van der Waals surface area contributed by atoms with Crippen molar-refractivity contribution in [3.8, 4) is 0 Å². The fourth-order valence-electron chi connectivity index (χ4n) is 1.90. The molecule has 96 valence electrons. The molecule has 0 aliphatic carbocycles. The molecule has 0 radical (unpaired) electrons. The molecule has 0 spiro atoms. The van der Waals surface area contributed by atoms with Gasteiger partial charge in [0, 0.05) is 23.5 Å². The average Bonchev–Trinajstić information content (AvgIpc) is 2.78. The first kappa shape index (κ1) is 13.2. The highest BCUT2D eigenvalue weighted by atomic mass is 32.1. The summed E-state index contributed by atoms with van der Waals surface area (Å²) in [4.78, 5) is 8.85.